The zero-order chi connectivity index (χ0) is 26.0. The van der Waals surface area contributed by atoms with Crippen LogP contribution in [-0.2, 0) is 18.9 Å². The van der Waals surface area contributed by atoms with Crippen LogP contribution in [0.2, 0.25) is 0 Å². The molecule has 2 heterocycles. The molecule has 2 aliphatic heterocycles. The van der Waals surface area contributed by atoms with Gasteiger partial charge in [0.15, 0.2) is 12.6 Å². The maximum Gasteiger partial charge on any atom is 0.186 e. The predicted molar refractivity (Wildman–Crippen MR) is 120 cm³/mol. The molecule has 3 fully saturated rings. The number of likely N-dealkylation sites (N-methyl/N-ethyl adjacent to an activating group) is 2. The highest BCUT2D eigenvalue weighted by Gasteiger charge is 2.52. The number of ether oxygens (including phenoxy) is 4. The van der Waals surface area contributed by atoms with E-state index in [-0.39, 0.29) is 13.0 Å². The summed E-state index contributed by atoms with van der Waals surface area (Å²) in [6.45, 7) is -0.627. The van der Waals surface area contributed by atoms with Gasteiger partial charge in [-0.15, -0.1) is 0 Å². The molecular weight excluding hydrogens is 470 g/mol. The SMILES string of the molecule is CN[C@H]1[C@@H](OC2[C@@H](N)C[C@@H](NC)[C@H](O[C@H]3O[C@H](CO)[C@@H](O)[C@H](N)[C@H]3O)[C@H]2O)O[C@H](CN)[C@@H](O)[C@@H]1O. The lowest BCUT2D eigenvalue weighted by Gasteiger charge is -2.49. The van der Waals surface area contributed by atoms with Gasteiger partial charge in [-0.2, -0.15) is 0 Å². The van der Waals surface area contributed by atoms with Gasteiger partial charge in [0.25, 0.3) is 0 Å². The Morgan fingerprint density at radius 1 is 0.800 bits per heavy atom. The first-order valence-electron chi connectivity index (χ1n) is 11.8. The van der Waals surface area contributed by atoms with Crippen molar-refractivity contribution in [1.29, 1.82) is 0 Å². The first-order valence-corrected chi connectivity index (χ1v) is 11.8. The lowest BCUT2D eigenvalue weighted by molar-refractivity contribution is -0.320. The molecule has 0 radical (unpaired) electrons. The molecule has 0 aromatic carbocycles. The van der Waals surface area contributed by atoms with Gasteiger partial charge in [0.1, 0.15) is 54.9 Å². The summed E-state index contributed by atoms with van der Waals surface area (Å²) in [5.74, 6) is 0. The van der Waals surface area contributed by atoms with E-state index in [0.717, 1.165) is 0 Å². The number of hydrogen-bond donors (Lipinski definition) is 11. The smallest absolute Gasteiger partial charge is 0.186 e. The molecule has 2 saturated heterocycles. The summed E-state index contributed by atoms with van der Waals surface area (Å²) in [6.07, 6.45) is -12.8. The molecule has 1 aliphatic carbocycles. The first-order chi connectivity index (χ1) is 16.6. The van der Waals surface area contributed by atoms with Crippen LogP contribution in [0.3, 0.4) is 0 Å². The molecule has 0 aromatic heterocycles. The Hall–Kier alpha value is -0.600. The molecule has 35 heavy (non-hydrogen) atoms. The van der Waals surface area contributed by atoms with E-state index in [2.05, 4.69) is 10.6 Å². The van der Waals surface area contributed by atoms with Crippen molar-refractivity contribution in [2.45, 2.75) is 98.1 Å². The Bertz CT molecular complexity index is 668. The van der Waals surface area contributed by atoms with Gasteiger partial charge in [-0.05, 0) is 20.5 Å². The molecule has 3 aliphatic rings. The Labute approximate surface area is 203 Å². The molecule has 3 rings (SSSR count). The highest BCUT2D eigenvalue weighted by atomic mass is 16.7. The number of aliphatic hydroxyl groups is 6. The van der Waals surface area contributed by atoms with E-state index < -0.39 is 98.3 Å². The predicted octanol–water partition coefficient (Wildman–Crippen LogP) is -6.80. The number of hydrogen-bond acceptors (Lipinski definition) is 15. The fraction of sp³-hybridized carbons (Fsp3) is 1.00. The van der Waals surface area contributed by atoms with Crippen LogP contribution in [0, 0.1) is 0 Å². The van der Waals surface area contributed by atoms with Crippen molar-refractivity contribution in [3.63, 3.8) is 0 Å². The minimum Gasteiger partial charge on any atom is -0.394 e. The van der Waals surface area contributed by atoms with Crippen molar-refractivity contribution < 1.29 is 49.6 Å². The largest absolute Gasteiger partial charge is 0.394 e. The molecule has 0 amide bonds. The van der Waals surface area contributed by atoms with E-state index in [0.29, 0.717) is 0 Å². The van der Waals surface area contributed by atoms with Crippen LogP contribution in [0.15, 0.2) is 0 Å². The third kappa shape index (κ3) is 5.79. The topological polar surface area (TPSA) is 260 Å². The lowest BCUT2D eigenvalue weighted by atomic mass is 9.83. The molecule has 15 atom stereocenters. The number of nitrogens with one attached hydrogen (secondary N) is 2. The molecule has 14 N–H and O–H groups in total. The van der Waals surface area contributed by atoms with Gasteiger partial charge in [0.05, 0.1) is 18.7 Å². The van der Waals surface area contributed by atoms with Gasteiger partial charge in [-0.25, -0.2) is 0 Å². The maximum atomic E-state index is 11.2. The van der Waals surface area contributed by atoms with Crippen LogP contribution in [0.4, 0.5) is 0 Å². The van der Waals surface area contributed by atoms with Crippen molar-refractivity contribution in [1.82, 2.24) is 10.6 Å². The van der Waals surface area contributed by atoms with Crippen LogP contribution in [0.5, 0.6) is 0 Å². The summed E-state index contributed by atoms with van der Waals surface area (Å²) < 4.78 is 23.2. The Balaban J connectivity index is 1.78. The summed E-state index contributed by atoms with van der Waals surface area (Å²) in [5.41, 5.74) is 17.8. The van der Waals surface area contributed by atoms with Gasteiger partial charge in [0.2, 0.25) is 0 Å². The number of nitrogens with two attached hydrogens (primary N) is 3. The summed E-state index contributed by atoms with van der Waals surface area (Å²) in [5, 5.41) is 67.9. The molecular formula is C20H41N5O10. The minimum atomic E-state index is -1.44. The van der Waals surface area contributed by atoms with Gasteiger partial charge in [-0.3, -0.25) is 0 Å². The van der Waals surface area contributed by atoms with E-state index in [4.69, 9.17) is 36.1 Å². The average Bonchev–Trinajstić information content (AvgIpc) is 2.85. The fourth-order valence-corrected chi connectivity index (χ4v) is 4.97. The quantitative estimate of drug-likeness (QED) is 0.145. The average molecular weight is 512 g/mol. The number of aliphatic hydroxyl groups excluding tert-OH is 6. The summed E-state index contributed by atoms with van der Waals surface area (Å²) in [4.78, 5) is 0. The zero-order valence-electron chi connectivity index (χ0n) is 19.8. The van der Waals surface area contributed by atoms with Crippen LogP contribution < -0.4 is 27.8 Å². The van der Waals surface area contributed by atoms with E-state index in [9.17, 15) is 30.6 Å². The van der Waals surface area contributed by atoms with E-state index in [1.54, 1.807) is 14.1 Å². The molecule has 1 saturated carbocycles. The highest BCUT2D eigenvalue weighted by molar-refractivity contribution is 5.02. The van der Waals surface area contributed by atoms with Crippen molar-refractivity contribution in [3.05, 3.63) is 0 Å². The van der Waals surface area contributed by atoms with Crippen LogP contribution in [-0.4, -0.2) is 150 Å². The van der Waals surface area contributed by atoms with E-state index in [1.807, 2.05) is 0 Å². The number of rotatable bonds is 8. The normalized spacial score (nSPS) is 51.3. The Morgan fingerprint density at radius 3 is 2.00 bits per heavy atom. The third-order valence-corrected chi connectivity index (χ3v) is 7.18. The lowest BCUT2D eigenvalue weighted by Crippen LogP contribution is -2.69. The molecule has 206 valence electrons. The van der Waals surface area contributed by atoms with Crippen LogP contribution in [0.1, 0.15) is 6.42 Å². The van der Waals surface area contributed by atoms with E-state index >= 15 is 0 Å². The maximum absolute atomic E-state index is 11.2. The van der Waals surface area contributed by atoms with Gasteiger partial charge >= 0.3 is 0 Å². The second-order valence-corrected chi connectivity index (χ2v) is 9.35. The van der Waals surface area contributed by atoms with Crippen molar-refractivity contribution in [2.24, 2.45) is 17.2 Å². The second kappa shape index (κ2) is 12.3. The second-order valence-electron chi connectivity index (χ2n) is 9.35. The van der Waals surface area contributed by atoms with Crippen molar-refractivity contribution in [3.8, 4) is 0 Å². The molecule has 15 nitrogen and oxygen atoms in total. The molecule has 0 aromatic rings. The monoisotopic (exact) mass is 511 g/mol. The Kier molecular flexibility index (Phi) is 10.2. The fourth-order valence-electron chi connectivity index (χ4n) is 4.97. The summed E-state index contributed by atoms with van der Waals surface area (Å²) in [7, 11) is 3.21. The van der Waals surface area contributed by atoms with Crippen LogP contribution >= 0.6 is 0 Å². The van der Waals surface area contributed by atoms with Crippen LogP contribution in [0.25, 0.3) is 0 Å². The zero-order valence-corrected chi connectivity index (χ0v) is 19.8. The minimum absolute atomic E-state index is 0.0730. The van der Waals surface area contributed by atoms with E-state index in [1.165, 1.54) is 0 Å². The molecule has 15 heteroatoms. The third-order valence-electron chi connectivity index (χ3n) is 7.18. The molecule has 1 unspecified atom stereocenters. The van der Waals surface area contributed by atoms with Crippen molar-refractivity contribution in [2.75, 3.05) is 27.2 Å². The standard InChI is InChI=1S/C20H41N5O10/c1-24-7-3-6(22)17(34-19-11(25-2)15(30)13(28)8(4-21)32-19)16(31)18(7)35-20-14(29)10(23)12(27)9(5-26)33-20/h6-20,24-31H,3-5,21-23H2,1-2H3/t6-,7+,8+,9+,10-,11+,12+,13+,14+,15+,16-,17?,18-,19+,20+/m0/s1. The first kappa shape index (κ1) is 29.0. The van der Waals surface area contributed by atoms with Gasteiger partial charge in [-0.1, -0.05) is 0 Å². The molecule has 0 spiro atoms. The Morgan fingerprint density at radius 2 is 1.43 bits per heavy atom. The molecule has 0 bridgehead atoms. The van der Waals surface area contributed by atoms with Gasteiger partial charge in [0, 0.05) is 18.6 Å². The van der Waals surface area contributed by atoms with Crippen molar-refractivity contribution >= 4 is 0 Å². The summed E-state index contributed by atoms with van der Waals surface area (Å²) in [6, 6.07) is -3.16. The van der Waals surface area contributed by atoms with Gasteiger partial charge < -0.3 is 77.4 Å². The highest BCUT2D eigenvalue weighted by Crippen LogP contribution is 2.31. The summed E-state index contributed by atoms with van der Waals surface area (Å²) >= 11 is 0.